The van der Waals surface area contributed by atoms with Crippen molar-refractivity contribution in [2.75, 3.05) is 11.9 Å². The topological polar surface area (TPSA) is 55.1 Å². The molecule has 0 fully saturated rings. The van der Waals surface area contributed by atoms with Gasteiger partial charge in [-0.05, 0) is 18.6 Å². The lowest BCUT2D eigenvalue weighted by Crippen LogP contribution is -2.14. The molecule has 112 valence electrons. The maximum Gasteiger partial charge on any atom is 0.250 e. The zero-order chi connectivity index (χ0) is 14.6. The molecule has 0 bridgehead atoms. The summed E-state index contributed by atoms with van der Waals surface area (Å²) in [6.45, 7) is 3.15. The van der Waals surface area contributed by atoms with E-state index in [0.29, 0.717) is 5.56 Å². The maximum absolute atomic E-state index is 11.3. The number of anilines is 1. The van der Waals surface area contributed by atoms with Crippen molar-refractivity contribution in [2.24, 2.45) is 5.73 Å². The summed E-state index contributed by atoms with van der Waals surface area (Å²) >= 11 is 0. The minimum atomic E-state index is -0.371. The SMILES string of the molecule is CCCCCCCCCCNc1ccccc1C(N)=O. The zero-order valence-electron chi connectivity index (χ0n) is 12.7. The van der Waals surface area contributed by atoms with Gasteiger partial charge in [0.2, 0.25) is 0 Å². The number of rotatable bonds is 11. The Balaban J connectivity index is 2.11. The Morgan fingerprint density at radius 2 is 1.60 bits per heavy atom. The van der Waals surface area contributed by atoms with Crippen LogP contribution in [0.4, 0.5) is 5.69 Å². The third-order valence-electron chi connectivity index (χ3n) is 3.54. The lowest BCUT2D eigenvalue weighted by Gasteiger charge is -2.09. The molecule has 0 saturated carbocycles. The highest BCUT2D eigenvalue weighted by atomic mass is 16.1. The van der Waals surface area contributed by atoms with Gasteiger partial charge < -0.3 is 11.1 Å². The monoisotopic (exact) mass is 276 g/mol. The first-order valence-electron chi connectivity index (χ1n) is 7.88. The van der Waals surface area contributed by atoms with E-state index in [0.717, 1.165) is 18.7 Å². The van der Waals surface area contributed by atoms with Crippen LogP contribution in [0.25, 0.3) is 0 Å². The average Bonchev–Trinajstić information content (AvgIpc) is 2.46. The van der Waals surface area contributed by atoms with Crippen LogP contribution in [-0.2, 0) is 0 Å². The highest BCUT2D eigenvalue weighted by Crippen LogP contribution is 2.14. The van der Waals surface area contributed by atoms with Crippen molar-refractivity contribution in [2.45, 2.75) is 58.3 Å². The molecular formula is C17H28N2O. The van der Waals surface area contributed by atoms with Gasteiger partial charge in [-0.25, -0.2) is 0 Å². The zero-order valence-corrected chi connectivity index (χ0v) is 12.7. The fraction of sp³-hybridized carbons (Fsp3) is 0.588. The van der Waals surface area contributed by atoms with Gasteiger partial charge in [0, 0.05) is 12.2 Å². The third kappa shape index (κ3) is 6.60. The number of carbonyl (C=O) groups excluding carboxylic acids is 1. The van der Waals surface area contributed by atoms with Crippen LogP contribution in [0.1, 0.15) is 68.6 Å². The number of hydrogen-bond acceptors (Lipinski definition) is 2. The lowest BCUT2D eigenvalue weighted by molar-refractivity contribution is 0.100. The molecule has 3 heteroatoms. The molecule has 0 aromatic heterocycles. The molecule has 1 rings (SSSR count). The molecule has 1 amide bonds. The first-order chi connectivity index (χ1) is 9.75. The number of hydrogen-bond donors (Lipinski definition) is 2. The number of para-hydroxylation sites is 1. The quantitative estimate of drug-likeness (QED) is 0.591. The summed E-state index contributed by atoms with van der Waals surface area (Å²) in [7, 11) is 0. The van der Waals surface area contributed by atoms with E-state index in [4.69, 9.17) is 5.73 Å². The van der Waals surface area contributed by atoms with E-state index in [2.05, 4.69) is 12.2 Å². The van der Waals surface area contributed by atoms with Crippen LogP contribution in [0.15, 0.2) is 24.3 Å². The Labute approximate surface area is 122 Å². The first-order valence-corrected chi connectivity index (χ1v) is 7.88. The minimum Gasteiger partial charge on any atom is -0.384 e. The van der Waals surface area contributed by atoms with E-state index in [1.807, 2.05) is 18.2 Å². The lowest BCUT2D eigenvalue weighted by atomic mass is 10.1. The summed E-state index contributed by atoms with van der Waals surface area (Å²) in [4.78, 5) is 11.3. The molecule has 20 heavy (non-hydrogen) atoms. The van der Waals surface area contributed by atoms with Crippen LogP contribution < -0.4 is 11.1 Å². The molecule has 0 atom stereocenters. The summed E-state index contributed by atoms with van der Waals surface area (Å²) < 4.78 is 0. The summed E-state index contributed by atoms with van der Waals surface area (Å²) in [5, 5.41) is 3.30. The fourth-order valence-electron chi connectivity index (χ4n) is 2.33. The molecule has 0 aliphatic heterocycles. The first kappa shape index (κ1) is 16.5. The molecule has 0 aliphatic rings. The Morgan fingerprint density at radius 3 is 2.25 bits per heavy atom. The molecule has 1 aromatic carbocycles. The molecular weight excluding hydrogens is 248 g/mol. The van der Waals surface area contributed by atoms with Crippen molar-refractivity contribution >= 4 is 11.6 Å². The van der Waals surface area contributed by atoms with Gasteiger partial charge in [-0.15, -0.1) is 0 Å². The van der Waals surface area contributed by atoms with Crippen molar-refractivity contribution in [1.29, 1.82) is 0 Å². The van der Waals surface area contributed by atoms with E-state index < -0.39 is 0 Å². The van der Waals surface area contributed by atoms with Gasteiger partial charge in [0.1, 0.15) is 0 Å². The van der Waals surface area contributed by atoms with Gasteiger partial charge in [-0.1, -0.05) is 64.0 Å². The van der Waals surface area contributed by atoms with Gasteiger partial charge in [-0.3, -0.25) is 4.79 Å². The van der Waals surface area contributed by atoms with Crippen LogP contribution in [0.2, 0.25) is 0 Å². The fourth-order valence-corrected chi connectivity index (χ4v) is 2.33. The normalized spacial score (nSPS) is 10.4. The second-order valence-corrected chi connectivity index (χ2v) is 5.31. The van der Waals surface area contributed by atoms with Gasteiger partial charge in [0.15, 0.2) is 0 Å². The second-order valence-electron chi connectivity index (χ2n) is 5.31. The average molecular weight is 276 g/mol. The Morgan fingerprint density at radius 1 is 1.00 bits per heavy atom. The highest BCUT2D eigenvalue weighted by Gasteiger charge is 2.05. The molecule has 0 heterocycles. The van der Waals surface area contributed by atoms with Crippen LogP contribution in [0.3, 0.4) is 0 Å². The van der Waals surface area contributed by atoms with Crippen LogP contribution in [0, 0.1) is 0 Å². The smallest absolute Gasteiger partial charge is 0.250 e. The molecule has 0 unspecified atom stereocenters. The minimum absolute atomic E-state index is 0.371. The van der Waals surface area contributed by atoms with E-state index >= 15 is 0 Å². The summed E-state index contributed by atoms with van der Waals surface area (Å²) in [5.41, 5.74) is 6.77. The molecule has 1 aromatic rings. The number of primary amides is 1. The van der Waals surface area contributed by atoms with Crippen molar-refractivity contribution in [3.63, 3.8) is 0 Å². The van der Waals surface area contributed by atoms with E-state index in [-0.39, 0.29) is 5.91 Å². The van der Waals surface area contributed by atoms with Crippen LogP contribution >= 0.6 is 0 Å². The Kier molecular flexibility index (Phi) is 8.52. The van der Waals surface area contributed by atoms with Gasteiger partial charge >= 0.3 is 0 Å². The predicted octanol–water partition coefficient (Wildman–Crippen LogP) is 4.34. The second kappa shape index (κ2) is 10.3. The third-order valence-corrected chi connectivity index (χ3v) is 3.54. The molecule has 0 spiro atoms. The van der Waals surface area contributed by atoms with Crippen LogP contribution in [-0.4, -0.2) is 12.5 Å². The molecule has 0 saturated heterocycles. The van der Waals surface area contributed by atoms with Gasteiger partial charge in [0.05, 0.1) is 5.56 Å². The summed E-state index contributed by atoms with van der Waals surface area (Å²) in [6, 6.07) is 7.42. The number of nitrogens with one attached hydrogen (secondary N) is 1. The number of unbranched alkanes of at least 4 members (excludes halogenated alkanes) is 7. The van der Waals surface area contributed by atoms with E-state index in [1.54, 1.807) is 6.07 Å². The van der Waals surface area contributed by atoms with Crippen molar-refractivity contribution in [3.05, 3.63) is 29.8 Å². The summed E-state index contributed by atoms with van der Waals surface area (Å²) in [6.07, 6.45) is 10.5. The molecule has 0 aliphatic carbocycles. The summed E-state index contributed by atoms with van der Waals surface area (Å²) in [5.74, 6) is -0.371. The number of nitrogens with two attached hydrogens (primary N) is 1. The predicted molar refractivity (Wildman–Crippen MR) is 86.1 cm³/mol. The van der Waals surface area contributed by atoms with Gasteiger partial charge in [-0.2, -0.15) is 0 Å². The largest absolute Gasteiger partial charge is 0.384 e. The van der Waals surface area contributed by atoms with E-state index in [9.17, 15) is 4.79 Å². The van der Waals surface area contributed by atoms with Crippen molar-refractivity contribution in [1.82, 2.24) is 0 Å². The molecule has 0 radical (unpaired) electrons. The van der Waals surface area contributed by atoms with Crippen LogP contribution in [0.5, 0.6) is 0 Å². The molecule has 3 nitrogen and oxygen atoms in total. The maximum atomic E-state index is 11.3. The Bertz CT molecular complexity index is 390. The number of carbonyl (C=O) groups is 1. The Hall–Kier alpha value is -1.51. The number of benzene rings is 1. The van der Waals surface area contributed by atoms with Crippen molar-refractivity contribution in [3.8, 4) is 0 Å². The van der Waals surface area contributed by atoms with Crippen molar-refractivity contribution < 1.29 is 4.79 Å². The highest BCUT2D eigenvalue weighted by molar-refractivity contribution is 5.98. The molecule has 3 N–H and O–H groups in total. The number of amides is 1. The van der Waals surface area contributed by atoms with Gasteiger partial charge in [0.25, 0.3) is 5.91 Å². The van der Waals surface area contributed by atoms with E-state index in [1.165, 1.54) is 44.9 Å². The standard InChI is InChI=1S/C17H28N2O/c1-2-3-4-5-6-7-8-11-14-19-16-13-10-9-12-15(16)17(18)20/h9-10,12-13,19H,2-8,11,14H2,1H3,(H2,18,20).